The third kappa shape index (κ3) is 5.64. The van der Waals surface area contributed by atoms with E-state index in [2.05, 4.69) is 26.8 Å². The van der Waals surface area contributed by atoms with Crippen LogP contribution in [-0.4, -0.2) is 43.1 Å². The summed E-state index contributed by atoms with van der Waals surface area (Å²) in [7, 11) is -2.84. The molecule has 0 unspecified atom stereocenters. The number of anilines is 1. The lowest BCUT2D eigenvalue weighted by molar-refractivity contribution is 0.256. The van der Waals surface area contributed by atoms with Crippen LogP contribution in [0.1, 0.15) is 19.7 Å². The second-order valence-corrected chi connectivity index (χ2v) is 7.32. The predicted octanol–water partition coefficient (Wildman–Crippen LogP) is 1.91. The SMILES string of the molecule is C=C(C)COc1ccccc1S(=O)(=O)NC(=O)Nc1nc(CC)nc(OC)n1. The molecule has 1 aromatic carbocycles. The molecule has 0 fully saturated rings. The van der Waals surface area contributed by atoms with Gasteiger partial charge in [-0.2, -0.15) is 15.0 Å². The minimum atomic E-state index is -4.21. The number of ether oxygens (including phenoxy) is 2. The zero-order valence-electron chi connectivity index (χ0n) is 15.7. The van der Waals surface area contributed by atoms with E-state index in [1.165, 1.54) is 25.3 Å². The molecule has 11 heteroatoms. The van der Waals surface area contributed by atoms with E-state index in [1.807, 2.05) is 11.6 Å². The first kappa shape index (κ1) is 21.1. The number of urea groups is 1. The Bertz CT molecular complexity index is 955. The lowest BCUT2D eigenvalue weighted by Gasteiger charge is -2.13. The van der Waals surface area contributed by atoms with Crippen LogP contribution >= 0.6 is 0 Å². The van der Waals surface area contributed by atoms with Gasteiger partial charge < -0.3 is 9.47 Å². The third-order valence-electron chi connectivity index (χ3n) is 3.23. The van der Waals surface area contributed by atoms with Crippen LogP contribution in [0.4, 0.5) is 10.7 Å². The number of nitrogens with one attached hydrogen (secondary N) is 2. The van der Waals surface area contributed by atoms with Crippen LogP contribution in [0, 0.1) is 0 Å². The van der Waals surface area contributed by atoms with E-state index in [0.29, 0.717) is 17.8 Å². The molecule has 28 heavy (non-hydrogen) atoms. The topological polar surface area (TPSA) is 132 Å². The Morgan fingerprint density at radius 3 is 2.57 bits per heavy atom. The zero-order valence-corrected chi connectivity index (χ0v) is 16.5. The molecule has 0 radical (unpaired) electrons. The summed E-state index contributed by atoms with van der Waals surface area (Å²) >= 11 is 0. The maximum absolute atomic E-state index is 12.6. The molecule has 1 aromatic heterocycles. The molecule has 2 aromatic rings. The molecule has 0 bridgehead atoms. The first-order chi connectivity index (χ1) is 13.2. The average molecular weight is 407 g/mol. The quantitative estimate of drug-likeness (QED) is 0.634. The number of rotatable bonds is 8. The summed E-state index contributed by atoms with van der Waals surface area (Å²) in [4.78, 5) is 23.9. The highest BCUT2D eigenvalue weighted by Crippen LogP contribution is 2.23. The molecule has 0 aliphatic rings. The van der Waals surface area contributed by atoms with E-state index in [4.69, 9.17) is 9.47 Å². The van der Waals surface area contributed by atoms with Crippen LogP contribution in [0.3, 0.4) is 0 Å². The fraction of sp³-hybridized carbons (Fsp3) is 0.294. The van der Waals surface area contributed by atoms with Gasteiger partial charge in [0.25, 0.3) is 10.0 Å². The molecular weight excluding hydrogens is 386 g/mol. The number of hydrogen-bond acceptors (Lipinski definition) is 8. The van der Waals surface area contributed by atoms with Crippen LogP contribution in [-0.2, 0) is 16.4 Å². The van der Waals surface area contributed by atoms with Gasteiger partial charge in [0, 0.05) is 6.42 Å². The fourth-order valence-electron chi connectivity index (χ4n) is 2.00. The predicted molar refractivity (Wildman–Crippen MR) is 102 cm³/mol. The Morgan fingerprint density at radius 2 is 1.93 bits per heavy atom. The Balaban J connectivity index is 2.19. The van der Waals surface area contributed by atoms with Crippen molar-refractivity contribution < 1.29 is 22.7 Å². The molecule has 0 atom stereocenters. The van der Waals surface area contributed by atoms with E-state index >= 15 is 0 Å². The molecule has 1 heterocycles. The normalized spacial score (nSPS) is 10.8. The number of carbonyl (C=O) groups is 1. The summed E-state index contributed by atoms with van der Waals surface area (Å²) in [5.74, 6) is 0.340. The number of aromatic nitrogens is 3. The molecule has 150 valence electrons. The van der Waals surface area contributed by atoms with Gasteiger partial charge in [-0.15, -0.1) is 0 Å². The Labute approximate surface area is 163 Å². The minimum Gasteiger partial charge on any atom is -0.488 e. The smallest absolute Gasteiger partial charge is 0.335 e. The van der Waals surface area contributed by atoms with Gasteiger partial charge in [0.05, 0.1) is 7.11 Å². The van der Waals surface area contributed by atoms with Crippen molar-refractivity contribution in [1.29, 1.82) is 0 Å². The molecular formula is C17H21N5O5S. The minimum absolute atomic E-state index is 0.00328. The van der Waals surface area contributed by atoms with Crippen LogP contribution < -0.4 is 19.5 Å². The van der Waals surface area contributed by atoms with Crippen LogP contribution in [0.15, 0.2) is 41.3 Å². The van der Waals surface area contributed by atoms with Gasteiger partial charge >= 0.3 is 12.0 Å². The lowest BCUT2D eigenvalue weighted by Crippen LogP contribution is -2.35. The van der Waals surface area contributed by atoms with Crippen molar-refractivity contribution in [1.82, 2.24) is 19.7 Å². The highest BCUT2D eigenvalue weighted by Gasteiger charge is 2.23. The molecule has 0 spiro atoms. The van der Waals surface area contributed by atoms with Crippen LogP contribution in [0.25, 0.3) is 0 Å². The summed E-state index contributed by atoms with van der Waals surface area (Å²) in [6, 6.07) is 4.92. The van der Waals surface area contributed by atoms with E-state index in [1.54, 1.807) is 13.0 Å². The Kier molecular flexibility index (Phi) is 6.88. The first-order valence-corrected chi connectivity index (χ1v) is 9.72. The number of methoxy groups -OCH3 is 1. The fourth-order valence-corrected chi connectivity index (χ4v) is 3.05. The van der Waals surface area contributed by atoms with Crippen LogP contribution in [0.2, 0.25) is 0 Å². The average Bonchev–Trinajstić information content (AvgIpc) is 2.65. The molecule has 0 aliphatic heterocycles. The summed E-state index contributed by atoms with van der Waals surface area (Å²) < 4.78 is 37.5. The Morgan fingerprint density at radius 1 is 1.21 bits per heavy atom. The van der Waals surface area contributed by atoms with E-state index in [-0.39, 0.29) is 29.2 Å². The van der Waals surface area contributed by atoms with Gasteiger partial charge in [-0.05, 0) is 24.6 Å². The monoisotopic (exact) mass is 407 g/mol. The highest BCUT2D eigenvalue weighted by molar-refractivity contribution is 7.90. The van der Waals surface area contributed by atoms with E-state index in [0.717, 1.165) is 0 Å². The van der Waals surface area contributed by atoms with Crippen LogP contribution in [0.5, 0.6) is 11.8 Å². The van der Waals surface area contributed by atoms with Crippen molar-refractivity contribution in [3.63, 3.8) is 0 Å². The van der Waals surface area contributed by atoms with Gasteiger partial charge in [-0.3, -0.25) is 5.32 Å². The third-order valence-corrected chi connectivity index (χ3v) is 4.60. The summed E-state index contributed by atoms with van der Waals surface area (Å²) in [5.41, 5.74) is 0.716. The van der Waals surface area contributed by atoms with Gasteiger partial charge in [-0.1, -0.05) is 25.6 Å². The summed E-state index contributed by atoms with van der Waals surface area (Å²) in [5, 5.41) is 2.26. The molecule has 0 aliphatic carbocycles. The molecule has 0 saturated carbocycles. The van der Waals surface area contributed by atoms with Gasteiger partial charge in [0.15, 0.2) is 0 Å². The largest absolute Gasteiger partial charge is 0.488 e. The molecule has 2 N–H and O–H groups in total. The van der Waals surface area contributed by atoms with Crippen molar-refractivity contribution in [3.05, 3.63) is 42.2 Å². The number of nitrogens with zero attached hydrogens (tertiary/aromatic N) is 3. The lowest BCUT2D eigenvalue weighted by atomic mass is 10.3. The van der Waals surface area contributed by atoms with Gasteiger partial charge in [0.2, 0.25) is 5.95 Å². The second kappa shape index (κ2) is 9.13. The Hall–Kier alpha value is -3.21. The molecule has 10 nitrogen and oxygen atoms in total. The number of carbonyl (C=O) groups excluding carboxylic acids is 1. The second-order valence-electron chi connectivity index (χ2n) is 5.67. The summed E-state index contributed by atoms with van der Waals surface area (Å²) in [6.45, 7) is 7.40. The van der Waals surface area contributed by atoms with Crippen molar-refractivity contribution in [2.24, 2.45) is 0 Å². The maximum atomic E-state index is 12.6. The number of para-hydroxylation sites is 1. The van der Waals surface area contributed by atoms with Gasteiger partial charge in [0.1, 0.15) is 23.1 Å². The molecule has 0 saturated heterocycles. The van der Waals surface area contributed by atoms with E-state index in [9.17, 15) is 13.2 Å². The van der Waals surface area contributed by atoms with Crippen molar-refractivity contribution >= 4 is 22.0 Å². The van der Waals surface area contributed by atoms with Crippen molar-refractivity contribution in [3.8, 4) is 11.8 Å². The zero-order chi connectivity index (χ0) is 20.7. The number of benzene rings is 1. The van der Waals surface area contributed by atoms with Crippen molar-refractivity contribution in [2.75, 3.05) is 19.0 Å². The maximum Gasteiger partial charge on any atom is 0.335 e. The van der Waals surface area contributed by atoms with Crippen molar-refractivity contribution in [2.45, 2.75) is 25.2 Å². The highest BCUT2D eigenvalue weighted by atomic mass is 32.2. The van der Waals surface area contributed by atoms with Gasteiger partial charge in [-0.25, -0.2) is 17.9 Å². The summed E-state index contributed by atoms with van der Waals surface area (Å²) in [6.07, 6.45) is 0.473. The number of hydrogen-bond donors (Lipinski definition) is 2. The number of sulfonamides is 1. The first-order valence-electron chi connectivity index (χ1n) is 8.24. The number of aryl methyl sites for hydroxylation is 1. The molecule has 2 rings (SSSR count). The number of amides is 2. The molecule has 2 amide bonds. The standard InChI is InChI=1S/C17H21N5O5S/c1-5-14-18-15(21-17(19-14)26-4)20-16(23)22-28(24,25)13-9-7-6-8-12(13)27-10-11(2)3/h6-9H,2,5,10H2,1,3-4H3,(H2,18,19,20,21,22,23). The van der Waals surface area contributed by atoms with E-state index < -0.39 is 16.1 Å².